The fraction of sp³-hybridized carbons (Fsp3) is 0.600. The third-order valence-electron chi connectivity index (χ3n) is 1.87. The molecular formula is C10H17NO. The Balaban J connectivity index is 2.29. The van der Waals surface area contributed by atoms with Crippen molar-refractivity contribution < 1.29 is 4.42 Å². The molecule has 12 heavy (non-hydrogen) atoms. The van der Waals surface area contributed by atoms with Crippen molar-refractivity contribution in [2.45, 2.75) is 33.2 Å². The Morgan fingerprint density at radius 3 is 2.75 bits per heavy atom. The molecule has 0 aromatic carbocycles. The summed E-state index contributed by atoms with van der Waals surface area (Å²) >= 11 is 0. The van der Waals surface area contributed by atoms with E-state index in [-0.39, 0.29) is 0 Å². The summed E-state index contributed by atoms with van der Waals surface area (Å²) in [7, 11) is 0. The molecule has 2 heteroatoms. The third-order valence-corrected chi connectivity index (χ3v) is 1.87. The Kier molecular flexibility index (Phi) is 3.35. The van der Waals surface area contributed by atoms with Crippen molar-refractivity contribution in [2.24, 2.45) is 0 Å². The molecule has 0 aliphatic heterocycles. The number of aryl methyl sites for hydroxylation is 1. The van der Waals surface area contributed by atoms with E-state index in [2.05, 4.69) is 26.1 Å². The maximum absolute atomic E-state index is 5.31. The van der Waals surface area contributed by atoms with Crippen LogP contribution in [-0.2, 0) is 6.42 Å². The molecule has 1 aromatic heterocycles. The lowest BCUT2D eigenvalue weighted by atomic mass is 10.2. The van der Waals surface area contributed by atoms with Crippen molar-refractivity contribution in [3.05, 3.63) is 23.7 Å². The SMILES string of the molecule is Cc1ccoc1CCNC(C)C. The molecule has 0 amide bonds. The van der Waals surface area contributed by atoms with Crippen molar-refractivity contribution in [1.29, 1.82) is 0 Å². The highest BCUT2D eigenvalue weighted by atomic mass is 16.3. The molecule has 1 aromatic rings. The summed E-state index contributed by atoms with van der Waals surface area (Å²) in [5.74, 6) is 1.10. The highest BCUT2D eigenvalue weighted by Crippen LogP contribution is 2.08. The van der Waals surface area contributed by atoms with Crippen LogP contribution in [0, 0.1) is 6.92 Å². The first-order chi connectivity index (χ1) is 5.70. The molecule has 68 valence electrons. The quantitative estimate of drug-likeness (QED) is 0.743. The first kappa shape index (κ1) is 9.33. The molecule has 0 fully saturated rings. The third kappa shape index (κ3) is 2.70. The van der Waals surface area contributed by atoms with Gasteiger partial charge in [0, 0.05) is 19.0 Å². The topological polar surface area (TPSA) is 25.2 Å². The molecule has 0 saturated heterocycles. The summed E-state index contributed by atoms with van der Waals surface area (Å²) in [5, 5.41) is 3.35. The van der Waals surface area contributed by atoms with Gasteiger partial charge in [0.15, 0.2) is 0 Å². The van der Waals surface area contributed by atoms with Crippen LogP contribution in [0.3, 0.4) is 0 Å². The summed E-state index contributed by atoms with van der Waals surface area (Å²) in [6.07, 6.45) is 2.73. The van der Waals surface area contributed by atoms with Gasteiger partial charge in [-0.3, -0.25) is 0 Å². The number of hydrogen-bond acceptors (Lipinski definition) is 2. The minimum atomic E-state index is 0.556. The normalized spacial score (nSPS) is 11.0. The van der Waals surface area contributed by atoms with Gasteiger partial charge in [0.05, 0.1) is 6.26 Å². The van der Waals surface area contributed by atoms with Gasteiger partial charge >= 0.3 is 0 Å². The highest BCUT2D eigenvalue weighted by Gasteiger charge is 2.00. The van der Waals surface area contributed by atoms with E-state index >= 15 is 0 Å². The first-order valence-corrected chi connectivity index (χ1v) is 4.46. The smallest absolute Gasteiger partial charge is 0.107 e. The van der Waals surface area contributed by atoms with Crippen molar-refractivity contribution >= 4 is 0 Å². The molecule has 1 N–H and O–H groups in total. The maximum atomic E-state index is 5.31. The van der Waals surface area contributed by atoms with Crippen molar-refractivity contribution in [3.63, 3.8) is 0 Å². The molecule has 1 heterocycles. The van der Waals surface area contributed by atoms with E-state index in [1.807, 2.05) is 6.07 Å². The average Bonchev–Trinajstić information content (AvgIpc) is 2.36. The number of nitrogens with one attached hydrogen (secondary N) is 1. The Hall–Kier alpha value is -0.760. The van der Waals surface area contributed by atoms with E-state index in [1.54, 1.807) is 6.26 Å². The van der Waals surface area contributed by atoms with Crippen molar-refractivity contribution in [3.8, 4) is 0 Å². The zero-order chi connectivity index (χ0) is 8.97. The van der Waals surface area contributed by atoms with Gasteiger partial charge in [0.2, 0.25) is 0 Å². The van der Waals surface area contributed by atoms with Crippen LogP contribution in [0.25, 0.3) is 0 Å². The fourth-order valence-electron chi connectivity index (χ4n) is 1.13. The molecule has 0 radical (unpaired) electrons. The minimum Gasteiger partial charge on any atom is -0.469 e. The predicted molar refractivity (Wildman–Crippen MR) is 50.3 cm³/mol. The Morgan fingerprint density at radius 1 is 1.50 bits per heavy atom. The predicted octanol–water partition coefficient (Wildman–Crippen LogP) is 2.13. The van der Waals surface area contributed by atoms with Crippen LogP contribution in [-0.4, -0.2) is 12.6 Å². The van der Waals surface area contributed by atoms with Crippen molar-refractivity contribution in [2.75, 3.05) is 6.54 Å². The minimum absolute atomic E-state index is 0.556. The van der Waals surface area contributed by atoms with Gasteiger partial charge in [-0.1, -0.05) is 13.8 Å². The number of rotatable bonds is 4. The molecule has 0 spiro atoms. The molecule has 0 aliphatic carbocycles. The van der Waals surface area contributed by atoms with Gasteiger partial charge in [-0.2, -0.15) is 0 Å². The summed E-state index contributed by atoms with van der Waals surface area (Å²) in [5.41, 5.74) is 1.25. The van der Waals surface area contributed by atoms with E-state index < -0.39 is 0 Å². The molecule has 1 rings (SSSR count). The molecule has 0 atom stereocenters. The van der Waals surface area contributed by atoms with Crippen LogP contribution < -0.4 is 5.32 Å². The second kappa shape index (κ2) is 4.31. The zero-order valence-electron chi connectivity index (χ0n) is 8.05. The van der Waals surface area contributed by atoms with Crippen LogP contribution in [0.2, 0.25) is 0 Å². The molecule has 0 aliphatic rings. The van der Waals surface area contributed by atoms with Crippen LogP contribution in [0.15, 0.2) is 16.7 Å². The first-order valence-electron chi connectivity index (χ1n) is 4.46. The van der Waals surface area contributed by atoms with E-state index in [1.165, 1.54) is 5.56 Å². The van der Waals surface area contributed by atoms with Gasteiger partial charge in [-0.05, 0) is 18.6 Å². The van der Waals surface area contributed by atoms with Gasteiger partial charge in [0.25, 0.3) is 0 Å². The van der Waals surface area contributed by atoms with Gasteiger partial charge in [-0.15, -0.1) is 0 Å². The molecular weight excluding hydrogens is 150 g/mol. The molecule has 0 saturated carbocycles. The van der Waals surface area contributed by atoms with E-state index in [0.29, 0.717) is 6.04 Å². The maximum Gasteiger partial charge on any atom is 0.107 e. The van der Waals surface area contributed by atoms with E-state index in [0.717, 1.165) is 18.7 Å². The van der Waals surface area contributed by atoms with Gasteiger partial charge in [-0.25, -0.2) is 0 Å². The summed E-state index contributed by atoms with van der Waals surface area (Å²) < 4.78 is 5.31. The van der Waals surface area contributed by atoms with Gasteiger partial charge < -0.3 is 9.73 Å². The molecule has 0 bridgehead atoms. The Bertz CT molecular complexity index is 227. The molecule has 0 unspecified atom stereocenters. The van der Waals surface area contributed by atoms with Gasteiger partial charge in [0.1, 0.15) is 5.76 Å². The average molecular weight is 167 g/mol. The monoisotopic (exact) mass is 167 g/mol. The van der Waals surface area contributed by atoms with Crippen LogP contribution in [0.1, 0.15) is 25.2 Å². The lowest BCUT2D eigenvalue weighted by Crippen LogP contribution is -2.24. The lowest BCUT2D eigenvalue weighted by Gasteiger charge is -2.06. The summed E-state index contributed by atoms with van der Waals surface area (Å²) in [6.45, 7) is 7.37. The highest BCUT2D eigenvalue weighted by molar-refractivity contribution is 5.14. The standard InChI is InChI=1S/C10H17NO/c1-8(2)11-6-4-10-9(3)5-7-12-10/h5,7-8,11H,4,6H2,1-3H3. The largest absolute Gasteiger partial charge is 0.469 e. The molecule has 2 nitrogen and oxygen atoms in total. The Morgan fingerprint density at radius 2 is 2.25 bits per heavy atom. The summed E-state index contributed by atoms with van der Waals surface area (Å²) in [4.78, 5) is 0. The number of furan rings is 1. The van der Waals surface area contributed by atoms with Crippen LogP contribution in [0.4, 0.5) is 0 Å². The van der Waals surface area contributed by atoms with E-state index in [4.69, 9.17) is 4.42 Å². The van der Waals surface area contributed by atoms with Crippen molar-refractivity contribution in [1.82, 2.24) is 5.32 Å². The summed E-state index contributed by atoms with van der Waals surface area (Å²) in [6, 6.07) is 2.56. The second-order valence-corrected chi connectivity index (χ2v) is 3.39. The fourth-order valence-corrected chi connectivity index (χ4v) is 1.13. The van der Waals surface area contributed by atoms with Crippen LogP contribution in [0.5, 0.6) is 0 Å². The Labute approximate surface area is 74.0 Å². The lowest BCUT2D eigenvalue weighted by molar-refractivity contribution is 0.486. The van der Waals surface area contributed by atoms with Crippen LogP contribution >= 0.6 is 0 Å². The zero-order valence-corrected chi connectivity index (χ0v) is 8.05. The van der Waals surface area contributed by atoms with E-state index in [9.17, 15) is 0 Å². The second-order valence-electron chi connectivity index (χ2n) is 3.39. The number of hydrogen-bond donors (Lipinski definition) is 1.